The van der Waals surface area contributed by atoms with Gasteiger partial charge in [0.2, 0.25) is 0 Å². The molecule has 2 rings (SSSR count). The summed E-state index contributed by atoms with van der Waals surface area (Å²) in [5.74, 6) is 5.12. The van der Waals surface area contributed by atoms with E-state index in [9.17, 15) is 4.79 Å². The number of carbonyl (C=O) groups excluding carboxylic acids is 1. The summed E-state index contributed by atoms with van der Waals surface area (Å²) in [5, 5.41) is 11.9. The van der Waals surface area contributed by atoms with E-state index in [1.807, 2.05) is 6.92 Å². The Labute approximate surface area is 112 Å². The van der Waals surface area contributed by atoms with Crippen LogP contribution in [0.5, 0.6) is 0 Å². The highest BCUT2D eigenvalue weighted by molar-refractivity contribution is 7.16. The Balaban J connectivity index is 2.07. The zero-order valence-electron chi connectivity index (χ0n) is 9.56. The third-order valence-electron chi connectivity index (χ3n) is 1.96. The van der Waals surface area contributed by atoms with Gasteiger partial charge in [-0.15, -0.1) is 22.7 Å². The van der Waals surface area contributed by atoms with Crippen LogP contribution in [0.15, 0.2) is 18.3 Å². The molecular formula is C12H10N2O2S2. The number of thiophene rings is 1. The molecule has 0 fully saturated rings. The maximum Gasteiger partial charge on any atom is 0.267 e. The van der Waals surface area contributed by atoms with Crippen LogP contribution < -0.4 is 5.32 Å². The van der Waals surface area contributed by atoms with Gasteiger partial charge in [-0.3, -0.25) is 10.1 Å². The molecule has 4 nitrogen and oxygen atoms in total. The van der Waals surface area contributed by atoms with Crippen LogP contribution in [-0.2, 0) is 0 Å². The van der Waals surface area contributed by atoms with E-state index in [1.54, 1.807) is 18.3 Å². The minimum atomic E-state index is -0.189. The Morgan fingerprint density at radius 3 is 3.00 bits per heavy atom. The van der Waals surface area contributed by atoms with Crippen LogP contribution in [0.4, 0.5) is 5.13 Å². The van der Waals surface area contributed by atoms with Crippen LogP contribution in [0.3, 0.4) is 0 Å². The highest BCUT2D eigenvalue weighted by atomic mass is 32.1. The van der Waals surface area contributed by atoms with Gasteiger partial charge >= 0.3 is 0 Å². The SMILES string of the molecule is Cc1cnc(NC(=O)c2ccc(C#CCO)s2)s1. The van der Waals surface area contributed by atoms with Gasteiger partial charge in [0, 0.05) is 11.1 Å². The predicted octanol–water partition coefficient (Wildman–Crippen LogP) is 2.11. The number of nitrogens with one attached hydrogen (secondary N) is 1. The second-order valence-corrected chi connectivity index (χ2v) is 5.67. The topological polar surface area (TPSA) is 62.2 Å². The summed E-state index contributed by atoms with van der Waals surface area (Å²) < 4.78 is 0. The molecule has 2 N–H and O–H groups in total. The van der Waals surface area contributed by atoms with E-state index in [1.165, 1.54) is 22.7 Å². The van der Waals surface area contributed by atoms with Crippen molar-refractivity contribution in [1.29, 1.82) is 0 Å². The van der Waals surface area contributed by atoms with Crippen molar-refractivity contribution in [3.8, 4) is 11.8 Å². The van der Waals surface area contributed by atoms with Crippen molar-refractivity contribution in [3.63, 3.8) is 0 Å². The normalized spacial score (nSPS) is 9.67. The number of aliphatic hydroxyl groups excluding tert-OH is 1. The summed E-state index contributed by atoms with van der Waals surface area (Å²) in [7, 11) is 0. The maximum atomic E-state index is 11.9. The highest BCUT2D eigenvalue weighted by Crippen LogP contribution is 2.20. The van der Waals surface area contributed by atoms with Crippen LogP contribution >= 0.6 is 22.7 Å². The number of carbonyl (C=O) groups is 1. The van der Waals surface area contributed by atoms with Gasteiger partial charge in [0.15, 0.2) is 5.13 Å². The first kappa shape index (κ1) is 12.8. The lowest BCUT2D eigenvalue weighted by molar-refractivity contribution is 0.103. The average molecular weight is 278 g/mol. The van der Waals surface area contributed by atoms with Gasteiger partial charge in [-0.2, -0.15) is 0 Å². The summed E-state index contributed by atoms with van der Waals surface area (Å²) in [6.07, 6.45) is 1.72. The molecule has 6 heteroatoms. The average Bonchev–Trinajstić information content (AvgIpc) is 2.96. The Morgan fingerprint density at radius 2 is 2.33 bits per heavy atom. The number of aliphatic hydroxyl groups is 1. The molecule has 0 aliphatic rings. The summed E-state index contributed by atoms with van der Waals surface area (Å²) in [6, 6.07) is 3.47. The van der Waals surface area contributed by atoms with Gasteiger partial charge in [0.25, 0.3) is 5.91 Å². The van der Waals surface area contributed by atoms with E-state index in [-0.39, 0.29) is 12.5 Å². The summed E-state index contributed by atoms with van der Waals surface area (Å²) in [6.45, 7) is 1.75. The molecule has 0 bridgehead atoms. The van der Waals surface area contributed by atoms with E-state index >= 15 is 0 Å². The van der Waals surface area contributed by atoms with Crippen molar-refractivity contribution in [2.24, 2.45) is 0 Å². The van der Waals surface area contributed by atoms with E-state index in [0.717, 1.165) is 9.75 Å². The van der Waals surface area contributed by atoms with Crippen LogP contribution in [0.2, 0.25) is 0 Å². The number of anilines is 1. The molecular weight excluding hydrogens is 268 g/mol. The fourth-order valence-corrected chi connectivity index (χ4v) is 2.66. The molecule has 0 saturated carbocycles. The quantitative estimate of drug-likeness (QED) is 0.827. The third kappa shape index (κ3) is 3.17. The molecule has 2 aromatic heterocycles. The number of aromatic nitrogens is 1. The molecule has 18 heavy (non-hydrogen) atoms. The number of hydrogen-bond acceptors (Lipinski definition) is 5. The van der Waals surface area contributed by atoms with Crippen LogP contribution in [-0.4, -0.2) is 22.6 Å². The molecule has 0 aromatic carbocycles. The van der Waals surface area contributed by atoms with E-state index < -0.39 is 0 Å². The number of hydrogen-bond donors (Lipinski definition) is 2. The maximum absolute atomic E-state index is 11.9. The molecule has 2 heterocycles. The molecule has 92 valence electrons. The van der Waals surface area contributed by atoms with Crippen LogP contribution in [0, 0.1) is 18.8 Å². The molecule has 0 spiro atoms. The van der Waals surface area contributed by atoms with Gasteiger partial charge < -0.3 is 5.11 Å². The minimum Gasteiger partial charge on any atom is -0.384 e. The molecule has 0 saturated heterocycles. The highest BCUT2D eigenvalue weighted by Gasteiger charge is 2.10. The van der Waals surface area contributed by atoms with Crippen molar-refractivity contribution in [2.45, 2.75) is 6.92 Å². The van der Waals surface area contributed by atoms with Gasteiger partial charge in [-0.25, -0.2) is 4.98 Å². The van der Waals surface area contributed by atoms with Crippen molar-refractivity contribution >= 4 is 33.7 Å². The van der Waals surface area contributed by atoms with E-state index in [0.29, 0.717) is 10.0 Å². The van der Waals surface area contributed by atoms with Crippen molar-refractivity contribution in [3.05, 3.63) is 33.0 Å². The number of nitrogens with zero attached hydrogens (tertiary/aromatic N) is 1. The van der Waals surface area contributed by atoms with Crippen molar-refractivity contribution in [1.82, 2.24) is 4.98 Å². The Bertz CT molecular complexity index is 619. The molecule has 0 atom stereocenters. The lowest BCUT2D eigenvalue weighted by Gasteiger charge is -1.96. The molecule has 0 unspecified atom stereocenters. The summed E-state index contributed by atoms with van der Waals surface area (Å²) >= 11 is 2.72. The summed E-state index contributed by atoms with van der Waals surface area (Å²) in [4.78, 5) is 18.3. The number of rotatable bonds is 2. The number of amides is 1. The first-order valence-corrected chi connectivity index (χ1v) is 6.75. The monoisotopic (exact) mass is 278 g/mol. The summed E-state index contributed by atoms with van der Waals surface area (Å²) in [5.41, 5.74) is 0. The van der Waals surface area contributed by atoms with Crippen molar-refractivity contribution in [2.75, 3.05) is 11.9 Å². The second kappa shape index (κ2) is 5.78. The molecule has 0 radical (unpaired) electrons. The predicted molar refractivity (Wildman–Crippen MR) is 73.1 cm³/mol. The van der Waals surface area contributed by atoms with Crippen LogP contribution in [0.25, 0.3) is 0 Å². The largest absolute Gasteiger partial charge is 0.384 e. The Kier molecular flexibility index (Phi) is 4.10. The first-order chi connectivity index (χ1) is 8.69. The van der Waals surface area contributed by atoms with Crippen LogP contribution in [0.1, 0.15) is 19.4 Å². The third-order valence-corrected chi connectivity index (χ3v) is 3.79. The number of thiazole rings is 1. The molecule has 1 amide bonds. The lowest BCUT2D eigenvalue weighted by atomic mass is 10.4. The van der Waals surface area contributed by atoms with E-state index in [4.69, 9.17) is 5.11 Å². The van der Waals surface area contributed by atoms with Gasteiger partial charge in [0.1, 0.15) is 6.61 Å². The second-order valence-electron chi connectivity index (χ2n) is 3.35. The lowest BCUT2D eigenvalue weighted by Crippen LogP contribution is -2.09. The smallest absolute Gasteiger partial charge is 0.267 e. The molecule has 0 aliphatic heterocycles. The van der Waals surface area contributed by atoms with Gasteiger partial charge in [0.05, 0.1) is 9.75 Å². The minimum absolute atomic E-state index is 0.183. The van der Waals surface area contributed by atoms with Gasteiger partial charge in [-0.05, 0) is 19.1 Å². The molecule has 2 aromatic rings. The zero-order valence-corrected chi connectivity index (χ0v) is 11.2. The zero-order chi connectivity index (χ0) is 13.0. The Hall–Kier alpha value is -1.68. The Morgan fingerprint density at radius 1 is 1.50 bits per heavy atom. The van der Waals surface area contributed by atoms with Crippen molar-refractivity contribution < 1.29 is 9.90 Å². The van der Waals surface area contributed by atoms with E-state index in [2.05, 4.69) is 22.1 Å². The van der Waals surface area contributed by atoms with Gasteiger partial charge in [-0.1, -0.05) is 11.8 Å². The fraction of sp³-hybridized carbons (Fsp3) is 0.167. The number of aryl methyl sites for hydroxylation is 1. The molecule has 0 aliphatic carbocycles. The standard InChI is InChI=1S/C12H10N2O2S2/c1-8-7-13-12(17-8)14-11(16)10-5-4-9(18-10)3-2-6-15/h4-5,7,15H,6H2,1H3,(H,13,14,16). The fourth-order valence-electron chi connectivity index (χ4n) is 1.22. The first-order valence-electron chi connectivity index (χ1n) is 5.12.